The Hall–Kier alpha value is -1.33. The summed E-state index contributed by atoms with van der Waals surface area (Å²) in [5.41, 5.74) is 1.40. The van der Waals surface area contributed by atoms with Crippen LogP contribution < -0.4 is 0 Å². The molecule has 0 bridgehead atoms. The van der Waals surface area contributed by atoms with Gasteiger partial charge in [-0.25, -0.2) is 0 Å². The predicted molar refractivity (Wildman–Crippen MR) is 88.0 cm³/mol. The Kier molecular flexibility index (Phi) is 4.40. The van der Waals surface area contributed by atoms with Crippen molar-refractivity contribution in [1.29, 1.82) is 0 Å². The van der Waals surface area contributed by atoms with E-state index in [0.29, 0.717) is 31.5 Å². The van der Waals surface area contributed by atoms with Crippen LogP contribution in [0.4, 0.5) is 0 Å². The third-order valence-electron chi connectivity index (χ3n) is 5.65. The molecule has 0 aromatic carbocycles. The van der Waals surface area contributed by atoms with Gasteiger partial charge in [0.2, 0.25) is 5.91 Å². The van der Waals surface area contributed by atoms with Crippen molar-refractivity contribution >= 4 is 5.91 Å². The number of rotatable bonds is 3. The molecule has 2 fully saturated rings. The van der Waals surface area contributed by atoms with E-state index in [-0.39, 0.29) is 0 Å². The lowest BCUT2D eigenvalue weighted by molar-refractivity contribution is -0.136. The van der Waals surface area contributed by atoms with E-state index in [0.717, 1.165) is 38.8 Å². The smallest absolute Gasteiger partial charge is 0.223 e. The Morgan fingerprint density at radius 3 is 2.78 bits per heavy atom. The quantitative estimate of drug-likeness (QED) is 0.852. The van der Waals surface area contributed by atoms with E-state index >= 15 is 0 Å². The van der Waals surface area contributed by atoms with Gasteiger partial charge < -0.3 is 14.2 Å². The number of aromatic nitrogens is 1. The maximum Gasteiger partial charge on any atom is 0.223 e. The van der Waals surface area contributed by atoms with Gasteiger partial charge in [-0.05, 0) is 30.9 Å². The molecule has 5 heteroatoms. The van der Waals surface area contributed by atoms with E-state index in [1.807, 2.05) is 4.90 Å². The fraction of sp³-hybridized carbons (Fsp3) is 0.722. The van der Waals surface area contributed by atoms with Gasteiger partial charge >= 0.3 is 0 Å². The molecule has 0 spiro atoms. The third kappa shape index (κ3) is 3.31. The maximum atomic E-state index is 12.6. The molecule has 1 saturated heterocycles. The van der Waals surface area contributed by atoms with Crippen molar-refractivity contribution in [3.05, 3.63) is 24.0 Å². The SMILES string of the molecule is O=C(C[C@H]1CN(C2CCC2)Cc2cccn2C1)N1CCOCC1. The highest BCUT2D eigenvalue weighted by Gasteiger charge is 2.31. The number of hydrogen-bond acceptors (Lipinski definition) is 3. The molecule has 23 heavy (non-hydrogen) atoms. The molecule has 0 N–H and O–H groups in total. The molecule has 126 valence electrons. The fourth-order valence-electron chi connectivity index (χ4n) is 4.06. The van der Waals surface area contributed by atoms with Gasteiger partial charge in [-0.2, -0.15) is 0 Å². The van der Waals surface area contributed by atoms with Crippen molar-refractivity contribution in [3.8, 4) is 0 Å². The first kappa shape index (κ1) is 15.2. The molecule has 2 aliphatic heterocycles. The highest BCUT2D eigenvalue weighted by molar-refractivity contribution is 5.76. The Balaban J connectivity index is 1.44. The van der Waals surface area contributed by atoms with Crippen LogP contribution in [0.1, 0.15) is 31.4 Å². The van der Waals surface area contributed by atoms with Gasteiger partial charge in [0.1, 0.15) is 0 Å². The van der Waals surface area contributed by atoms with Crippen LogP contribution in [0.5, 0.6) is 0 Å². The summed E-state index contributed by atoms with van der Waals surface area (Å²) >= 11 is 0. The second kappa shape index (κ2) is 6.65. The standard InChI is InChI=1S/C18H27N3O2/c22-18(19-7-9-23-10-8-19)11-15-12-20-6-2-5-17(20)14-21(13-15)16-3-1-4-16/h2,5-6,15-16H,1,3-4,7-14H2/t15-/m1/s1. The monoisotopic (exact) mass is 317 g/mol. The van der Waals surface area contributed by atoms with Crippen LogP contribution >= 0.6 is 0 Å². The molecule has 1 aliphatic carbocycles. The number of hydrogen-bond donors (Lipinski definition) is 0. The molecule has 3 aliphatic rings. The highest BCUT2D eigenvalue weighted by Crippen LogP contribution is 2.30. The molecule has 1 saturated carbocycles. The average Bonchev–Trinajstić information content (AvgIpc) is 2.86. The van der Waals surface area contributed by atoms with Crippen LogP contribution in [0.2, 0.25) is 0 Å². The molecule has 1 amide bonds. The van der Waals surface area contributed by atoms with E-state index in [4.69, 9.17) is 4.74 Å². The van der Waals surface area contributed by atoms with E-state index in [9.17, 15) is 4.79 Å². The molecule has 4 rings (SSSR count). The number of fused-ring (bicyclic) bond motifs is 1. The zero-order valence-corrected chi connectivity index (χ0v) is 13.8. The van der Waals surface area contributed by atoms with Gasteiger partial charge in [-0.3, -0.25) is 9.69 Å². The van der Waals surface area contributed by atoms with Crippen molar-refractivity contribution in [3.63, 3.8) is 0 Å². The Morgan fingerprint density at radius 2 is 2.04 bits per heavy atom. The Bertz CT molecular complexity index is 546. The summed E-state index contributed by atoms with van der Waals surface area (Å²) in [4.78, 5) is 17.2. The zero-order valence-electron chi connectivity index (χ0n) is 13.8. The van der Waals surface area contributed by atoms with Crippen molar-refractivity contribution in [2.75, 3.05) is 32.8 Å². The molecule has 1 aromatic rings. The van der Waals surface area contributed by atoms with Crippen molar-refractivity contribution in [2.24, 2.45) is 5.92 Å². The van der Waals surface area contributed by atoms with Crippen LogP contribution in [0.15, 0.2) is 18.3 Å². The third-order valence-corrected chi connectivity index (χ3v) is 5.65. The summed E-state index contributed by atoms with van der Waals surface area (Å²) < 4.78 is 7.72. The lowest BCUT2D eigenvalue weighted by Gasteiger charge is -2.38. The summed E-state index contributed by atoms with van der Waals surface area (Å²) in [6.07, 6.45) is 6.85. The predicted octanol–water partition coefficient (Wildman–Crippen LogP) is 1.72. The van der Waals surface area contributed by atoms with Gasteiger partial charge in [0.15, 0.2) is 0 Å². The second-order valence-corrected chi connectivity index (χ2v) is 7.23. The molecule has 0 unspecified atom stereocenters. The van der Waals surface area contributed by atoms with Crippen molar-refractivity contribution in [1.82, 2.24) is 14.4 Å². The first-order valence-corrected chi connectivity index (χ1v) is 9.03. The summed E-state index contributed by atoms with van der Waals surface area (Å²) in [5, 5.41) is 0. The number of amides is 1. The average molecular weight is 317 g/mol. The first-order valence-electron chi connectivity index (χ1n) is 9.03. The fourth-order valence-corrected chi connectivity index (χ4v) is 4.06. The van der Waals surface area contributed by atoms with E-state index < -0.39 is 0 Å². The lowest BCUT2D eigenvalue weighted by Crippen LogP contribution is -2.44. The summed E-state index contributed by atoms with van der Waals surface area (Å²) in [6, 6.07) is 5.11. The van der Waals surface area contributed by atoms with Gasteiger partial charge in [0.05, 0.1) is 13.2 Å². The van der Waals surface area contributed by atoms with Gasteiger partial charge in [-0.15, -0.1) is 0 Å². The lowest BCUT2D eigenvalue weighted by atomic mass is 9.90. The molecule has 0 radical (unpaired) electrons. The van der Waals surface area contributed by atoms with E-state index in [2.05, 4.69) is 27.8 Å². The summed E-state index contributed by atoms with van der Waals surface area (Å²) in [7, 11) is 0. The Labute approximate surface area is 138 Å². The Morgan fingerprint density at radius 1 is 1.22 bits per heavy atom. The van der Waals surface area contributed by atoms with Crippen molar-refractivity contribution < 1.29 is 9.53 Å². The molecule has 1 atom stereocenters. The topological polar surface area (TPSA) is 37.7 Å². The van der Waals surface area contributed by atoms with Crippen LogP contribution in [-0.2, 0) is 22.6 Å². The van der Waals surface area contributed by atoms with E-state index in [1.165, 1.54) is 25.0 Å². The summed E-state index contributed by atoms with van der Waals surface area (Å²) in [5.74, 6) is 0.724. The van der Waals surface area contributed by atoms with Crippen LogP contribution in [-0.4, -0.2) is 59.2 Å². The summed E-state index contributed by atoms with van der Waals surface area (Å²) in [6.45, 7) is 5.96. The largest absolute Gasteiger partial charge is 0.378 e. The minimum atomic E-state index is 0.308. The highest BCUT2D eigenvalue weighted by atomic mass is 16.5. The van der Waals surface area contributed by atoms with E-state index in [1.54, 1.807) is 0 Å². The van der Waals surface area contributed by atoms with Crippen molar-refractivity contribution in [2.45, 2.75) is 44.8 Å². The number of ether oxygens (including phenoxy) is 1. The van der Waals surface area contributed by atoms with Crippen LogP contribution in [0, 0.1) is 5.92 Å². The number of morpholine rings is 1. The van der Waals surface area contributed by atoms with Crippen LogP contribution in [0.3, 0.4) is 0 Å². The van der Waals surface area contributed by atoms with Gasteiger partial charge in [-0.1, -0.05) is 6.42 Å². The molecular weight excluding hydrogens is 290 g/mol. The normalized spacial score (nSPS) is 26.4. The molecule has 5 nitrogen and oxygen atoms in total. The second-order valence-electron chi connectivity index (χ2n) is 7.23. The van der Waals surface area contributed by atoms with Gasteiger partial charge in [0.25, 0.3) is 0 Å². The molecule has 1 aromatic heterocycles. The minimum absolute atomic E-state index is 0.308. The molecular formula is C18H27N3O2. The number of carbonyl (C=O) groups is 1. The molecule has 3 heterocycles. The number of nitrogens with zero attached hydrogens (tertiary/aromatic N) is 3. The maximum absolute atomic E-state index is 12.6. The zero-order chi connectivity index (χ0) is 15.6. The number of carbonyl (C=O) groups excluding carboxylic acids is 1. The van der Waals surface area contributed by atoms with Gasteiger partial charge in [0, 0.05) is 57.1 Å². The van der Waals surface area contributed by atoms with Crippen LogP contribution in [0.25, 0.3) is 0 Å². The first-order chi connectivity index (χ1) is 11.3. The minimum Gasteiger partial charge on any atom is -0.378 e.